The van der Waals surface area contributed by atoms with Crippen molar-refractivity contribution in [2.75, 3.05) is 13.9 Å². The van der Waals surface area contributed by atoms with E-state index in [2.05, 4.69) is 10.9 Å². The standard InChI is InChI=1S/C19H14ClFN2O5/c1-3-8-23-18-14(12(27-2)6-7-22-18)16(25)15(19(23)26)13-11(21)5-4-10(20)17(13)28-9-24/h1,4-7,24-25H,8-9H2,2H3. The van der Waals surface area contributed by atoms with Crippen molar-refractivity contribution in [3.63, 3.8) is 0 Å². The number of halogens is 2. The van der Waals surface area contributed by atoms with Gasteiger partial charge in [-0.15, -0.1) is 6.42 Å². The van der Waals surface area contributed by atoms with Crippen molar-refractivity contribution >= 4 is 22.6 Å². The van der Waals surface area contributed by atoms with Crippen molar-refractivity contribution < 1.29 is 24.1 Å². The van der Waals surface area contributed by atoms with E-state index >= 15 is 0 Å². The Kier molecular flexibility index (Phi) is 5.40. The van der Waals surface area contributed by atoms with Crippen LogP contribution < -0.4 is 15.0 Å². The smallest absolute Gasteiger partial charge is 0.264 e. The van der Waals surface area contributed by atoms with Gasteiger partial charge in [-0.2, -0.15) is 0 Å². The number of aromatic nitrogens is 2. The Labute approximate surface area is 163 Å². The summed E-state index contributed by atoms with van der Waals surface area (Å²) in [6, 6.07) is 3.68. The first-order valence-electron chi connectivity index (χ1n) is 7.90. The third kappa shape index (κ3) is 3.01. The molecule has 0 unspecified atom stereocenters. The van der Waals surface area contributed by atoms with Crippen LogP contribution in [0.5, 0.6) is 17.2 Å². The first kappa shape index (κ1) is 19.5. The molecule has 0 aliphatic carbocycles. The van der Waals surface area contributed by atoms with Gasteiger partial charge in [0.2, 0.25) is 0 Å². The molecule has 2 N–H and O–H groups in total. The molecule has 28 heavy (non-hydrogen) atoms. The van der Waals surface area contributed by atoms with Crippen LogP contribution in [0.25, 0.3) is 22.2 Å². The number of rotatable bonds is 5. The van der Waals surface area contributed by atoms with E-state index in [9.17, 15) is 14.3 Å². The highest BCUT2D eigenvalue weighted by Crippen LogP contribution is 2.44. The van der Waals surface area contributed by atoms with E-state index in [0.717, 1.165) is 10.6 Å². The minimum absolute atomic E-state index is 0.0594. The molecule has 3 rings (SSSR count). The quantitative estimate of drug-likeness (QED) is 0.501. The van der Waals surface area contributed by atoms with Crippen molar-refractivity contribution in [2.45, 2.75) is 6.54 Å². The summed E-state index contributed by atoms with van der Waals surface area (Å²) in [5.41, 5.74) is -1.61. The summed E-state index contributed by atoms with van der Waals surface area (Å²) >= 11 is 6.05. The topological polar surface area (TPSA) is 93.8 Å². The maximum absolute atomic E-state index is 14.7. The number of fused-ring (bicyclic) bond motifs is 1. The average molecular weight is 405 g/mol. The zero-order chi connectivity index (χ0) is 20.4. The maximum atomic E-state index is 14.7. The first-order chi connectivity index (χ1) is 13.5. The predicted molar refractivity (Wildman–Crippen MR) is 101 cm³/mol. The number of aromatic hydroxyl groups is 1. The fourth-order valence-corrected chi connectivity index (χ4v) is 3.14. The molecular formula is C19H14ClFN2O5. The molecule has 144 valence electrons. The highest BCUT2D eigenvalue weighted by atomic mass is 35.5. The molecule has 0 spiro atoms. The number of pyridine rings is 2. The molecule has 0 aliphatic rings. The molecule has 0 saturated carbocycles. The van der Waals surface area contributed by atoms with E-state index in [0.29, 0.717) is 0 Å². The highest BCUT2D eigenvalue weighted by molar-refractivity contribution is 6.32. The van der Waals surface area contributed by atoms with Crippen LogP contribution >= 0.6 is 11.6 Å². The Bertz CT molecular complexity index is 1170. The lowest BCUT2D eigenvalue weighted by Crippen LogP contribution is -2.23. The number of ether oxygens (including phenoxy) is 2. The molecule has 1 aromatic carbocycles. The number of nitrogens with zero attached hydrogens (tertiary/aromatic N) is 2. The Morgan fingerprint density at radius 2 is 2.11 bits per heavy atom. The Balaban J connectivity index is 2.56. The molecular weight excluding hydrogens is 391 g/mol. The second kappa shape index (κ2) is 7.76. The lowest BCUT2D eigenvalue weighted by Gasteiger charge is -2.17. The van der Waals surface area contributed by atoms with E-state index in [4.69, 9.17) is 32.6 Å². The first-order valence-corrected chi connectivity index (χ1v) is 8.28. The molecule has 0 saturated heterocycles. The van der Waals surface area contributed by atoms with E-state index in [1.165, 1.54) is 25.4 Å². The zero-order valence-corrected chi connectivity index (χ0v) is 15.3. The zero-order valence-electron chi connectivity index (χ0n) is 14.6. The van der Waals surface area contributed by atoms with Crippen LogP contribution in [-0.4, -0.2) is 33.7 Å². The summed E-state index contributed by atoms with van der Waals surface area (Å²) in [7, 11) is 1.37. The molecule has 2 heterocycles. The summed E-state index contributed by atoms with van der Waals surface area (Å²) in [6.07, 6.45) is 6.75. The Morgan fingerprint density at radius 3 is 2.75 bits per heavy atom. The maximum Gasteiger partial charge on any atom is 0.264 e. The minimum atomic E-state index is -0.894. The van der Waals surface area contributed by atoms with Crippen LogP contribution in [0.15, 0.2) is 29.2 Å². The van der Waals surface area contributed by atoms with Crippen LogP contribution in [0.3, 0.4) is 0 Å². The van der Waals surface area contributed by atoms with Gasteiger partial charge in [0.05, 0.1) is 29.8 Å². The van der Waals surface area contributed by atoms with Crippen LogP contribution in [0, 0.1) is 18.2 Å². The number of aliphatic hydroxyl groups excluding tert-OH is 1. The predicted octanol–water partition coefficient (Wildman–Crippen LogP) is 2.53. The van der Waals surface area contributed by atoms with Gasteiger partial charge in [-0.05, 0) is 18.2 Å². The number of benzene rings is 1. The summed E-state index contributed by atoms with van der Waals surface area (Å²) in [5.74, 6) is 0.749. The molecule has 0 fully saturated rings. The highest BCUT2D eigenvalue weighted by Gasteiger charge is 2.27. The van der Waals surface area contributed by atoms with Crippen LogP contribution in [0.1, 0.15) is 0 Å². The molecule has 9 heteroatoms. The lowest BCUT2D eigenvalue weighted by atomic mass is 10.0. The van der Waals surface area contributed by atoms with Gasteiger partial charge >= 0.3 is 0 Å². The van der Waals surface area contributed by atoms with Gasteiger partial charge in [0.25, 0.3) is 5.56 Å². The molecule has 0 amide bonds. The molecule has 0 atom stereocenters. The summed E-state index contributed by atoms with van der Waals surface area (Å²) in [5, 5.41) is 20.0. The summed E-state index contributed by atoms with van der Waals surface area (Å²) in [6.45, 7) is -1.02. The van der Waals surface area contributed by atoms with Crippen molar-refractivity contribution in [3.05, 3.63) is 45.6 Å². The van der Waals surface area contributed by atoms with Gasteiger partial charge in [0.15, 0.2) is 18.2 Å². The third-order valence-corrected chi connectivity index (χ3v) is 4.37. The Morgan fingerprint density at radius 1 is 1.36 bits per heavy atom. The second-order valence-corrected chi connectivity index (χ2v) is 5.94. The van der Waals surface area contributed by atoms with E-state index in [-0.39, 0.29) is 34.1 Å². The number of hydrogen-bond acceptors (Lipinski definition) is 6. The normalized spacial score (nSPS) is 10.7. The van der Waals surface area contributed by atoms with Crippen molar-refractivity contribution in [3.8, 4) is 40.7 Å². The van der Waals surface area contributed by atoms with Crippen LogP contribution in [0.2, 0.25) is 5.02 Å². The van der Waals surface area contributed by atoms with Gasteiger partial charge in [-0.3, -0.25) is 9.36 Å². The molecule has 7 nitrogen and oxygen atoms in total. The number of aliphatic hydroxyl groups is 1. The fourth-order valence-electron chi connectivity index (χ4n) is 2.92. The van der Waals surface area contributed by atoms with Gasteiger partial charge in [-0.1, -0.05) is 17.5 Å². The van der Waals surface area contributed by atoms with E-state index in [1.54, 1.807) is 0 Å². The molecule has 0 radical (unpaired) electrons. The van der Waals surface area contributed by atoms with Crippen LogP contribution in [0.4, 0.5) is 4.39 Å². The second-order valence-electron chi connectivity index (χ2n) is 5.54. The molecule has 0 bridgehead atoms. The minimum Gasteiger partial charge on any atom is -0.506 e. The monoisotopic (exact) mass is 404 g/mol. The third-order valence-electron chi connectivity index (χ3n) is 4.07. The summed E-state index contributed by atoms with van der Waals surface area (Å²) in [4.78, 5) is 17.2. The molecule has 0 aliphatic heterocycles. The van der Waals surface area contributed by atoms with Gasteiger partial charge in [-0.25, -0.2) is 9.37 Å². The van der Waals surface area contributed by atoms with E-state index < -0.39 is 35.0 Å². The molecule has 3 aromatic rings. The van der Waals surface area contributed by atoms with Crippen LogP contribution in [-0.2, 0) is 6.54 Å². The molecule has 2 aromatic heterocycles. The van der Waals surface area contributed by atoms with Crippen molar-refractivity contribution in [2.24, 2.45) is 0 Å². The van der Waals surface area contributed by atoms with E-state index in [1.807, 2.05) is 0 Å². The van der Waals surface area contributed by atoms with Gasteiger partial charge in [0.1, 0.15) is 22.7 Å². The lowest BCUT2D eigenvalue weighted by molar-refractivity contribution is 0.0988. The number of methoxy groups -OCH3 is 1. The fraction of sp³-hybridized carbons (Fsp3) is 0.158. The van der Waals surface area contributed by atoms with Crippen molar-refractivity contribution in [1.82, 2.24) is 9.55 Å². The van der Waals surface area contributed by atoms with Gasteiger partial charge in [0, 0.05) is 6.20 Å². The Hall–Kier alpha value is -3.28. The number of hydrogen-bond donors (Lipinski definition) is 2. The SMILES string of the molecule is C#CCn1c(=O)c(-c2c(F)ccc(Cl)c2OCO)c(O)c2c(OC)ccnc21. The summed E-state index contributed by atoms with van der Waals surface area (Å²) < 4.78 is 26.1. The number of terminal acetylenes is 1. The average Bonchev–Trinajstić information content (AvgIpc) is 2.69. The van der Waals surface area contributed by atoms with Crippen molar-refractivity contribution in [1.29, 1.82) is 0 Å². The van der Waals surface area contributed by atoms with Gasteiger partial charge < -0.3 is 19.7 Å². The largest absolute Gasteiger partial charge is 0.506 e.